The monoisotopic (exact) mass is 194 g/mol. The summed E-state index contributed by atoms with van der Waals surface area (Å²) in [7, 11) is 1.67. The summed E-state index contributed by atoms with van der Waals surface area (Å²) in [6, 6.07) is 9.98. The van der Waals surface area contributed by atoms with Gasteiger partial charge in [0, 0.05) is 12.7 Å². The molecule has 0 aromatic heterocycles. The molecule has 0 spiro atoms. The van der Waals surface area contributed by atoms with E-state index in [1.165, 1.54) is 0 Å². The van der Waals surface area contributed by atoms with Crippen molar-refractivity contribution in [1.29, 1.82) is 0 Å². The Morgan fingerprint density at radius 3 is 2.36 bits per heavy atom. The molecular weight excluding hydrogens is 176 g/mol. The van der Waals surface area contributed by atoms with Gasteiger partial charge in [-0.05, 0) is 13.3 Å². The summed E-state index contributed by atoms with van der Waals surface area (Å²) >= 11 is 0. The highest BCUT2D eigenvalue weighted by molar-refractivity contribution is 5.15. The van der Waals surface area contributed by atoms with Gasteiger partial charge in [-0.1, -0.05) is 37.3 Å². The Balaban J connectivity index is 2.63. The maximum Gasteiger partial charge on any atom is 0.183 e. The Bertz CT molecular complexity index is 246. The fourth-order valence-electron chi connectivity index (χ4n) is 1.19. The predicted molar refractivity (Wildman–Crippen MR) is 57.0 cm³/mol. The normalized spacial score (nSPS) is 15.1. The molecule has 0 bridgehead atoms. The van der Waals surface area contributed by atoms with Gasteiger partial charge in [0.15, 0.2) is 6.29 Å². The molecule has 2 heteroatoms. The van der Waals surface area contributed by atoms with Gasteiger partial charge in [-0.25, -0.2) is 0 Å². The van der Waals surface area contributed by atoms with Gasteiger partial charge in [0.1, 0.15) is 0 Å². The van der Waals surface area contributed by atoms with E-state index in [9.17, 15) is 0 Å². The van der Waals surface area contributed by atoms with E-state index in [-0.39, 0.29) is 12.4 Å². The lowest BCUT2D eigenvalue weighted by Crippen LogP contribution is -2.14. The van der Waals surface area contributed by atoms with Crippen LogP contribution in [0.1, 0.15) is 32.1 Å². The van der Waals surface area contributed by atoms with E-state index in [4.69, 9.17) is 9.47 Å². The Morgan fingerprint density at radius 2 is 1.86 bits per heavy atom. The fraction of sp³-hybridized carbons (Fsp3) is 0.500. The minimum absolute atomic E-state index is 0.222. The lowest BCUT2D eigenvalue weighted by atomic mass is 10.2. The van der Waals surface area contributed by atoms with Crippen LogP contribution in [0.15, 0.2) is 30.3 Å². The van der Waals surface area contributed by atoms with Crippen LogP contribution >= 0.6 is 0 Å². The van der Waals surface area contributed by atoms with Crippen LogP contribution in [-0.2, 0) is 9.47 Å². The van der Waals surface area contributed by atoms with Gasteiger partial charge in [0.25, 0.3) is 0 Å². The maximum atomic E-state index is 5.71. The number of methoxy groups -OCH3 is 1. The first-order chi connectivity index (χ1) is 6.77. The van der Waals surface area contributed by atoms with Crippen molar-refractivity contribution in [3.05, 3.63) is 35.9 Å². The molecule has 0 fully saturated rings. The lowest BCUT2D eigenvalue weighted by Gasteiger charge is -2.20. The topological polar surface area (TPSA) is 18.5 Å². The van der Waals surface area contributed by atoms with Gasteiger partial charge in [-0.3, -0.25) is 0 Å². The zero-order valence-corrected chi connectivity index (χ0v) is 9.07. The van der Waals surface area contributed by atoms with Crippen LogP contribution in [0.4, 0.5) is 0 Å². The third-order valence-electron chi connectivity index (χ3n) is 2.22. The van der Waals surface area contributed by atoms with E-state index >= 15 is 0 Å². The molecule has 2 atom stereocenters. The molecule has 1 aromatic carbocycles. The molecule has 0 amide bonds. The first-order valence-electron chi connectivity index (χ1n) is 5.01. The number of ether oxygens (including phenoxy) is 2. The number of hydrogen-bond acceptors (Lipinski definition) is 2. The second-order valence-corrected chi connectivity index (χ2v) is 3.33. The number of rotatable bonds is 5. The van der Waals surface area contributed by atoms with E-state index in [1.807, 2.05) is 30.3 Å². The average molecular weight is 194 g/mol. The van der Waals surface area contributed by atoms with Crippen molar-refractivity contribution in [2.45, 2.75) is 32.7 Å². The highest BCUT2D eigenvalue weighted by atomic mass is 16.7. The van der Waals surface area contributed by atoms with Gasteiger partial charge in [0.2, 0.25) is 0 Å². The molecule has 2 nitrogen and oxygen atoms in total. The highest BCUT2D eigenvalue weighted by Gasteiger charge is 2.12. The van der Waals surface area contributed by atoms with Crippen LogP contribution in [0.5, 0.6) is 0 Å². The molecule has 0 N–H and O–H groups in total. The Hall–Kier alpha value is -0.860. The Labute approximate surface area is 85.8 Å². The first kappa shape index (κ1) is 11.2. The molecule has 0 saturated heterocycles. The summed E-state index contributed by atoms with van der Waals surface area (Å²) in [5.74, 6) is 0. The van der Waals surface area contributed by atoms with Crippen LogP contribution in [0.25, 0.3) is 0 Å². The van der Waals surface area contributed by atoms with Crippen LogP contribution in [0, 0.1) is 0 Å². The van der Waals surface area contributed by atoms with Crippen molar-refractivity contribution in [3.8, 4) is 0 Å². The van der Waals surface area contributed by atoms with Gasteiger partial charge in [-0.15, -0.1) is 0 Å². The minimum Gasteiger partial charge on any atom is -0.352 e. The average Bonchev–Trinajstić information content (AvgIpc) is 2.26. The molecule has 2 unspecified atom stereocenters. The van der Waals surface area contributed by atoms with Crippen molar-refractivity contribution in [1.82, 2.24) is 0 Å². The zero-order valence-electron chi connectivity index (χ0n) is 9.07. The van der Waals surface area contributed by atoms with E-state index in [0.717, 1.165) is 12.0 Å². The van der Waals surface area contributed by atoms with Crippen molar-refractivity contribution < 1.29 is 9.47 Å². The molecule has 14 heavy (non-hydrogen) atoms. The summed E-state index contributed by atoms with van der Waals surface area (Å²) in [6.45, 7) is 4.15. The maximum absolute atomic E-state index is 5.71. The zero-order chi connectivity index (χ0) is 10.4. The first-order valence-corrected chi connectivity index (χ1v) is 5.01. The molecule has 0 saturated carbocycles. The largest absolute Gasteiger partial charge is 0.352 e. The molecule has 0 aliphatic carbocycles. The second kappa shape index (κ2) is 5.78. The fourth-order valence-corrected chi connectivity index (χ4v) is 1.19. The number of benzene rings is 1. The second-order valence-electron chi connectivity index (χ2n) is 3.33. The third kappa shape index (κ3) is 3.13. The molecular formula is C12H18O2. The SMILES string of the molecule is CCC(C)OC(OC)c1ccccc1. The van der Waals surface area contributed by atoms with Crippen molar-refractivity contribution in [3.63, 3.8) is 0 Å². The molecule has 0 radical (unpaired) electrons. The summed E-state index contributed by atoms with van der Waals surface area (Å²) in [5.41, 5.74) is 1.07. The van der Waals surface area contributed by atoms with E-state index in [1.54, 1.807) is 7.11 Å². The number of hydrogen-bond donors (Lipinski definition) is 0. The summed E-state index contributed by atoms with van der Waals surface area (Å²) < 4.78 is 11.0. The lowest BCUT2D eigenvalue weighted by molar-refractivity contribution is -0.155. The predicted octanol–water partition coefficient (Wildman–Crippen LogP) is 3.15. The minimum atomic E-state index is -0.244. The van der Waals surface area contributed by atoms with Gasteiger partial charge in [0.05, 0.1) is 6.10 Å². The molecule has 0 heterocycles. The summed E-state index contributed by atoms with van der Waals surface area (Å²) in [4.78, 5) is 0. The van der Waals surface area contributed by atoms with Crippen LogP contribution in [-0.4, -0.2) is 13.2 Å². The smallest absolute Gasteiger partial charge is 0.183 e. The highest BCUT2D eigenvalue weighted by Crippen LogP contribution is 2.20. The summed E-state index contributed by atoms with van der Waals surface area (Å²) in [6.07, 6.45) is 0.971. The van der Waals surface area contributed by atoms with Crippen molar-refractivity contribution in [2.24, 2.45) is 0 Å². The van der Waals surface area contributed by atoms with Gasteiger partial charge >= 0.3 is 0 Å². The van der Waals surface area contributed by atoms with E-state index in [2.05, 4.69) is 13.8 Å². The van der Waals surface area contributed by atoms with Crippen molar-refractivity contribution >= 4 is 0 Å². The summed E-state index contributed by atoms with van der Waals surface area (Å²) in [5, 5.41) is 0. The van der Waals surface area contributed by atoms with Crippen LogP contribution in [0.2, 0.25) is 0 Å². The molecule has 0 aliphatic rings. The van der Waals surface area contributed by atoms with E-state index < -0.39 is 0 Å². The van der Waals surface area contributed by atoms with Gasteiger partial charge in [-0.2, -0.15) is 0 Å². The van der Waals surface area contributed by atoms with Crippen LogP contribution < -0.4 is 0 Å². The Kier molecular flexibility index (Phi) is 4.63. The standard InChI is InChI=1S/C12H18O2/c1-4-10(2)14-12(13-3)11-8-6-5-7-9-11/h5-10,12H,4H2,1-3H3. The molecule has 1 rings (SSSR count). The van der Waals surface area contributed by atoms with Gasteiger partial charge < -0.3 is 9.47 Å². The van der Waals surface area contributed by atoms with Crippen LogP contribution in [0.3, 0.4) is 0 Å². The van der Waals surface area contributed by atoms with Crippen molar-refractivity contribution in [2.75, 3.05) is 7.11 Å². The van der Waals surface area contributed by atoms with E-state index in [0.29, 0.717) is 0 Å². The molecule has 0 aliphatic heterocycles. The third-order valence-corrected chi connectivity index (χ3v) is 2.22. The molecule has 1 aromatic rings. The molecule has 78 valence electrons. The quantitative estimate of drug-likeness (QED) is 0.670. The Morgan fingerprint density at radius 1 is 1.21 bits per heavy atom.